The van der Waals surface area contributed by atoms with Crippen LogP contribution in [-0.2, 0) is 9.53 Å². The van der Waals surface area contributed by atoms with Crippen LogP contribution in [0.25, 0.3) is 0 Å². The van der Waals surface area contributed by atoms with Crippen LogP contribution in [0.1, 0.15) is 38.5 Å². The minimum absolute atomic E-state index is 0.345. The molecule has 3 aliphatic rings. The van der Waals surface area contributed by atoms with Crippen molar-refractivity contribution in [3.63, 3.8) is 0 Å². The molecule has 16 heavy (non-hydrogen) atoms. The van der Waals surface area contributed by atoms with Gasteiger partial charge in [-0.15, -0.1) is 0 Å². The molecule has 3 rings (SSSR count). The van der Waals surface area contributed by atoms with Crippen LogP contribution in [0.5, 0.6) is 0 Å². The number of esters is 1. The van der Waals surface area contributed by atoms with E-state index in [1.807, 2.05) is 0 Å². The third kappa shape index (κ3) is 1.000. The molecular formula is C13H18O3. The summed E-state index contributed by atoms with van der Waals surface area (Å²) in [5.41, 5.74) is -1.32. The number of ether oxygens (including phenoxy) is 1. The SMILES string of the molecule is C=CC(=O)OC12CCCC1(O)C1CCC2C1. The summed E-state index contributed by atoms with van der Waals surface area (Å²) in [4.78, 5) is 11.5. The van der Waals surface area contributed by atoms with E-state index in [0.29, 0.717) is 11.8 Å². The molecule has 0 heterocycles. The van der Waals surface area contributed by atoms with E-state index in [-0.39, 0.29) is 5.97 Å². The Labute approximate surface area is 95.5 Å². The summed E-state index contributed by atoms with van der Waals surface area (Å²) in [6.07, 6.45) is 7.00. The van der Waals surface area contributed by atoms with E-state index in [0.717, 1.165) is 38.5 Å². The molecule has 3 saturated carbocycles. The third-order valence-electron chi connectivity index (χ3n) is 5.06. The van der Waals surface area contributed by atoms with Crippen LogP contribution >= 0.6 is 0 Å². The number of carbonyl (C=O) groups is 1. The summed E-state index contributed by atoms with van der Waals surface area (Å²) in [5.74, 6) is 0.333. The van der Waals surface area contributed by atoms with Crippen molar-refractivity contribution in [3.05, 3.63) is 12.7 Å². The molecule has 2 bridgehead atoms. The average molecular weight is 222 g/mol. The standard InChI is InChI=1S/C13H18O3/c1-2-11(14)16-13-7-3-6-12(13,15)9-4-5-10(13)8-9/h2,9-10,15H,1,3-8H2. The zero-order chi connectivity index (χ0) is 11.4. The maximum absolute atomic E-state index is 11.5. The number of aliphatic hydroxyl groups is 1. The lowest BCUT2D eigenvalue weighted by atomic mass is 9.74. The summed E-state index contributed by atoms with van der Waals surface area (Å²) < 4.78 is 5.60. The van der Waals surface area contributed by atoms with Gasteiger partial charge in [0.2, 0.25) is 0 Å². The number of fused-ring (bicyclic) bond motifs is 5. The van der Waals surface area contributed by atoms with Crippen molar-refractivity contribution in [3.8, 4) is 0 Å². The smallest absolute Gasteiger partial charge is 0.330 e. The van der Waals surface area contributed by atoms with Gasteiger partial charge in [0.05, 0.1) is 0 Å². The van der Waals surface area contributed by atoms with E-state index in [4.69, 9.17) is 4.74 Å². The Bertz CT molecular complexity index is 351. The zero-order valence-electron chi connectivity index (χ0n) is 9.45. The van der Waals surface area contributed by atoms with Crippen LogP contribution in [0.4, 0.5) is 0 Å². The molecule has 1 N–H and O–H groups in total. The Morgan fingerprint density at radius 3 is 2.88 bits per heavy atom. The highest BCUT2D eigenvalue weighted by Crippen LogP contribution is 2.65. The van der Waals surface area contributed by atoms with Crippen molar-refractivity contribution < 1.29 is 14.6 Å². The highest BCUT2D eigenvalue weighted by molar-refractivity contribution is 5.81. The van der Waals surface area contributed by atoms with Crippen LogP contribution in [-0.4, -0.2) is 22.3 Å². The summed E-state index contributed by atoms with van der Waals surface area (Å²) in [6, 6.07) is 0. The second-order valence-electron chi connectivity index (χ2n) is 5.50. The second-order valence-corrected chi connectivity index (χ2v) is 5.50. The number of carbonyl (C=O) groups excluding carboxylic acids is 1. The van der Waals surface area contributed by atoms with E-state index >= 15 is 0 Å². The fourth-order valence-electron chi connectivity index (χ4n) is 4.44. The van der Waals surface area contributed by atoms with Gasteiger partial charge in [-0.3, -0.25) is 0 Å². The van der Waals surface area contributed by atoms with Gasteiger partial charge < -0.3 is 9.84 Å². The average Bonchev–Trinajstić information content (AvgIpc) is 2.89. The molecule has 0 spiro atoms. The molecule has 4 unspecified atom stereocenters. The van der Waals surface area contributed by atoms with Gasteiger partial charge in [0.15, 0.2) is 0 Å². The predicted octanol–water partition coefficient (Wildman–Crippen LogP) is 1.80. The number of hydrogen-bond donors (Lipinski definition) is 1. The molecule has 0 radical (unpaired) electrons. The third-order valence-corrected chi connectivity index (χ3v) is 5.06. The molecule has 0 aromatic heterocycles. The van der Waals surface area contributed by atoms with E-state index in [9.17, 15) is 9.90 Å². The van der Waals surface area contributed by atoms with Crippen LogP contribution < -0.4 is 0 Å². The normalized spacial score (nSPS) is 49.1. The summed E-state index contributed by atoms with van der Waals surface area (Å²) in [6.45, 7) is 3.44. The Hall–Kier alpha value is -0.830. The first-order valence-corrected chi connectivity index (χ1v) is 6.20. The van der Waals surface area contributed by atoms with Crippen molar-refractivity contribution >= 4 is 5.97 Å². The highest BCUT2D eigenvalue weighted by atomic mass is 16.6. The van der Waals surface area contributed by atoms with Crippen molar-refractivity contribution in [2.45, 2.75) is 49.7 Å². The van der Waals surface area contributed by atoms with Crippen LogP contribution in [0.15, 0.2) is 12.7 Å². The molecule has 0 aliphatic heterocycles. The first-order valence-electron chi connectivity index (χ1n) is 6.20. The van der Waals surface area contributed by atoms with Crippen LogP contribution in [0, 0.1) is 11.8 Å². The van der Waals surface area contributed by atoms with Gasteiger partial charge in [0.1, 0.15) is 11.2 Å². The number of rotatable bonds is 2. The lowest BCUT2D eigenvalue weighted by Gasteiger charge is -2.44. The second kappa shape index (κ2) is 3.10. The van der Waals surface area contributed by atoms with Crippen LogP contribution in [0.3, 0.4) is 0 Å². The number of hydrogen-bond acceptors (Lipinski definition) is 3. The topological polar surface area (TPSA) is 46.5 Å². The molecule has 3 aliphatic carbocycles. The van der Waals surface area contributed by atoms with E-state index in [2.05, 4.69) is 6.58 Å². The van der Waals surface area contributed by atoms with Gasteiger partial charge in [-0.1, -0.05) is 6.58 Å². The lowest BCUT2D eigenvalue weighted by Crippen LogP contribution is -2.56. The molecule has 88 valence electrons. The zero-order valence-corrected chi connectivity index (χ0v) is 9.45. The Morgan fingerprint density at radius 2 is 2.12 bits per heavy atom. The van der Waals surface area contributed by atoms with Gasteiger partial charge in [-0.25, -0.2) is 4.79 Å². The summed E-state index contributed by atoms with van der Waals surface area (Å²) in [7, 11) is 0. The van der Waals surface area contributed by atoms with Gasteiger partial charge in [0.25, 0.3) is 0 Å². The Balaban J connectivity index is 1.97. The van der Waals surface area contributed by atoms with E-state index in [1.165, 1.54) is 6.08 Å². The quantitative estimate of drug-likeness (QED) is 0.572. The van der Waals surface area contributed by atoms with Gasteiger partial charge >= 0.3 is 5.97 Å². The maximum Gasteiger partial charge on any atom is 0.330 e. The molecule has 0 aromatic rings. The lowest BCUT2D eigenvalue weighted by molar-refractivity contribution is -0.197. The van der Waals surface area contributed by atoms with Crippen molar-refractivity contribution in [1.29, 1.82) is 0 Å². The molecule has 0 amide bonds. The molecule has 3 heteroatoms. The van der Waals surface area contributed by atoms with Gasteiger partial charge in [0, 0.05) is 12.0 Å². The van der Waals surface area contributed by atoms with Crippen molar-refractivity contribution in [2.75, 3.05) is 0 Å². The monoisotopic (exact) mass is 222 g/mol. The molecule has 3 nitrogen and oxygen atoms in total. The Kier molecular flexibility index (Phi) is 2.00. The molecule has 4 atom stereocenters. The summed E-state index contributed by atoms with van der Waals surface area (Å²) in [5, 5.41) is 10.8. The van der Waals surface area contributed by atoms with Crippen molar-refractivity contribution in [1.82, 2.24) is 0 Å². The Morgan fingerprint density at radius 1 is 1.38 bits per heavy atom. The van der Waals surface area contributed by atoms with E-state index in [1.54, 1.807) is 0 Å². The van der Waals surface area contributed by atoms with E-state index < -0.39 is 11.2 Å². The minimum Gasteiger partial charge on any atom is -0.453 e. The minimum atomic E-state index is -0.741. The maximum atomic E-state index is 11.5. The van der Waals surface area contributed by atoms with Crippen LogP contribution in [0.2, 0.25) is 0 Å². The molecule has 0 aromatic carbocycles. The fraction of sp³-hybridized carbons (Fsp3) is 0.769. The first-order chi connectivity index (χ1) is 7.62. The van der Waals surface area contributed by atoms with Gasteiger partial charge in [-0.05, 0) is 44.4 Å². The van der Waals surface area contributed by atoms with Gasteiger partial charge in [-0.2, -0.15) is 0 Å². The molecule has 3 fully saturated rings. The first kappa shape index (κ1) is 10.3. The summed E-state index contributed by atoms with van der Waals surface area (Å²) >= 11 is 0. The molecular weight excluding hydrogens is 204 g/mol. The molecule has 0 saturated heterocycles. The predicted molar refractivity (Wildman–Crippen MR) is 58.7 cm³/mol. The van der Waals surface area contributed by atoms with Crippen molar-refractivity contribution in [2.24, 2.45) is 11.8 Å². The largest absolute Gasteiger partial charge is 0.453 e. The fourth-order valence-corrected chi connectivity index (χ4v) is 4.44. The highest BCUT2D eigenvalue weighted by Gasteiger charge is 2.71.